The lowest BCUT2D eigenvalue weighted by molar-refractivity contribution is 0.0992. The number of hydrogen-bond acceptors (Lipinski definition) is 3. The highest BCUT2D eigenvalue weighted by Crippen LogP contribution is 2.26. The molecule has 0 aliphatic rings. The fourth-order valence-corrected chi connectivity index (χ4v) is 2.64. The number of aromatic nitrogens is 2. The van der Waals surface area contributed by atoms with E-state index in [4.69, 9.17) is 0 Å². The number of nitrogens with zero attached hydrogens (tertiary/aromatic N) is 3. The van der Waals surface area contributed by atoms with Crippen molar-refractivity contribution in [2.24, 2.45) is 0 Å². The number of fused-ring (bicyclic) bond motifs is 1. The van der Waals surface area contributed by atoms with Crippen molar-refractivity contribution in [2.45, 2.75) is 0 Å². The van der Waals surface area contributed by atoms with E-state index in [0.717, 1.165) is 16.6 Å². The van der Waals surface area contributed by atoms with Crippen LogP contribution in [-0.4, -0.2) is 22.9 Å². The minimum absolute atomic E-state index is 0.0966. The maximum Gasteiger partial charge on any atom is 0.259 e. The summed E-state index contributed by atoms with van der Waals surface area (Å²) in [5.41, 5.74) is 2.27. The van der Waals surface area contributed by atoms with Crippen molar-refractivity contribution in [2.75, 3.05) is 11.9 Å². The van der Waals surface area contributed by atoms with Crippen LogP contribution in [0.2, 0.25) is 0 Å². The molecule has 0 spiro atoms. The molecule has 4 nitrogen and oxygen atoms in total. The molecule has 0 fully saturated rings. The molecule has 5 heteroatoms. The average Bonchev–Trinajstić information content (AvgIpc) is 2.53. The van der Waals surface area contributed by atoms with Crippen molar-refractivity contribution >= 4 is 38.4 Å². The Morgan fingerprint density at radius 2 is 2.00 bits per heavy atom. The standard InChI is InChI=1S/C16H12BrN3O/c1-20(16(21)11-7-9-18-10-13(11)17)15-6-2-5-14-12(15)4-3-8-19-14/h2-10H,1H3. The third-order valence-corrected chi connectivity index (χ3v) is 3.92. The molecule has 1 amide bonds. The SMILES string of the molecule is CN(C(=O)c1ccncc1Br)c1cccc2ncccc12. The van der Waals surface area contributed by atoms with Crippen LogP contribution in [0.3, 0.4) is 0 Å². The van der Waals surface area contributed by atoms with Crippen molar-refractivity contribution in [3.8, 4) is 0 Å². The number of rotatable bonds is 2. The molecule has 21 heavy (non-hydrogen) atoms. The molecule has 0 bridgehead atoms. The Kier molecular flexibility index (Phi) is 3.66. The molecule has 1 aromatic carbocycles. The summed E-state index contributed by atoms with van der Waals surface area (Å²) in [6, 6.07) is 11.3. The van der Waals surface area contributed by atoms with Crippen molar-refractivity contribution in [1.82, 2.24) is 9.97 Å². The largest absolute Gasteiger partial charge is 0.311 e. The topological polar surface area (TPSA) is 46.1 Å². The number of pyridine rings is 2. The molecule has 0 aliphatic carbocycles. The molecular weight excluding hydrogens is 330 g/mol. The first-order valence-electron chi connectivity index (χ1n) is 6.40. The fraction of sp³-hybridized carbons (Fsp3) is 0.0625. The second-order valence-corrected chi connectivity index (χ2v) is 5.42. The van der Waals surface area contributed by atoms with Crippen LogP contribution in [0.15, 0.2) is 59.5 Å². The Balaban J connectivity index is 2.07. The lowest BCUT2D eigenvalue weighted by Crippen LogP contribution is -2.26. The van der Waals surface area contributed by atoms with Crippen LogP contribution in [0.25, 0.3) is 10.9 Å². The van der Waals surface area contributed by atoms with Gasteiger partial charge in [-0.2, -0.15) is 0 Å². The van der Waals surface area contributed by atoms with Crippen molar-refractivity contribution < 1.29 is 4.79 Å². The Bertz CT molecular complexity index is 814. The predicted molar refractivity (Wildman–Crippen MR) is 86.4 cm³/mol. The number of halogens is 1. The van der Waals surface area contributed by atoms with E-state index in [0.29, 0.717) is 10.0 Å². The van der Waals surface area contributed by atoms with Crippen LogP contribution in [0.1, 0.15) is 10.4 Å². The van der Waals surface area contributed by atoms with Crippen LogP contribution in [0.4, 0.5) is 5.69 Å². The van der Waals surface area contributed by atoms with Gasteiger partial charge in [-0.1, -0.05) is 6.07 Å². The van der Waals surface area contributed by atoms with Gasteiger partial charge in [-0.3, -0.25) is 14.8 Å². The number of hydrogen-bond donors (Lipinski definition) is 0. The molecule has 0 unspecified atom stereocenters. The van der Waals surface area contributed by atoms with Gasteiger partial charge in [-0.15, -0.1) is 0 Å². The van der Waals surface area contributed by atoms with Crippen LogP contribution in [0.5, 0.6) is 0 Å². The third-order valence-electron chi connectivity index (χ3n) is 3.29. The first-order valence-corrected chi connectivity index (χ1v) is 7.19. The summed E-state index contributed by atoms with van der Waals surface area (Å²) >= 11 is 3.37. The van der Waals surface area contributed by atoms with E-state index in [-0.39, 0.29) is 5.91 Å². The van der Waals surface area contributed by atoms with E-state index in [9.17, 15) is 4.79 Å². The molecule has 2 heterocycles. The van der Waals surface area contributed by atoms with E-state index in [1.165, 1.54) is 0 Å². The number of anilines is 1. The third kappa shape index (κ3) is 2.52. The van der Waals surface area contributed by atoms with E-state index < -0.39 is 0 Å². The Morgan fingerprint density at radius 1 is 1.14 bits per heavy atom. The van der Waals surface area contributed by atoms with Gasteiger partial charge < -0.3 is 4.90 Å². The number of carbonyl (C=O) groups excluding carboxylic acids is 1. The van der Waals surface area contributed by atoms with E-state index in [1.807, 2.05) is 30.3 Å². The zero-order valence-electron chi connectivity index (χ0n) is 11.3. The summed E-state index contributed by atoms with van der Waals surface area (Å²) in [7, 11) is 1.76. The van der Waals surface area contributed by atoms with Crippen molar-refractivity contribution in [3.05, 3.63) is 65.0 Å². The monoisotopic (exact) mass is 341 g/mol. The van der Waals surface area contributed by atoms with Gasteiger partial charge in [0.15, 0.2) is 0 Å². The van der Waals surface area contributed by atoms with Gasteiger partial charge in [0.1, 0.15) is 0 Å². The molecule has 3 rings (SSSR count). The molecule has 0 radical (unpaired) electrons. The van der Waals surface area contributed by atoms with Gasteiger partial charge >= 0.3 is 0 Å². The highest BCUT2D eigenvalue weighted by atomic mass is 79.9. The quantitative estimate of drug-likeness (QED) is 0.714. The number of benzene rings is 1. The molecule has 0 saturated carbocycles. The first kappa shape index (κ1) is 13.7. The maximum atomic E-state index is 12.7. The lowest BCUT2D eigenvalue weighted by atomic mass is 10.1. The van der Waals surface area contributed by atoms with Gasteiger partial charge in [0.05, 0.1) is 16.8 Å². The molecule has 104 valence electrons. The molecule has 0 N–H and O–H groups in total. The van der Waals surface area contributed by atoms with Gasteiger partial charge in [-0.05, 0) is 46.3 Å². The molecular formula is C16H12BrN3O. The van der Waals surface area contributed by atoms with Crippen LogP contribution in [-0.2, 0) is 0 Å². The lowest BCUT2D eigenvalue weighted by Gasteiger charge is -2.19. The summed E-state index contributed by atoms with van der Waals surface area (Å²) in [5.74, 6) is -0.0966. The van der Waals surface area contributed by atoms with Gasteiger partial charge in [0, 0.05) is 35.5 Å². The summed E-state index contributed by atoms with van der Waals surface area (Å²) in [4.78, 5) is 22.6. The zero-order chi connectivity index (χ0) is 14.8. The minimum atomic E-state index is -0.0966. The molecule has 0 atom stereocenters. The van der Waals surface area contributed by atoms with Crippen LogP contribution in [0, 0.1) is 0 Å². The van der Waals surface area contributed by atoms with E-state index in [2.05, 4.69) is 25.9 Å². The Hall–Kier alpha value is -2.27. The van der Waals surface area contributed by atoms with Crippen molar-refractivity contribution in [1.29, 1.82) is 0 Å². The summed E-state index contributed by atoms with van der Waals surface area (Å²) in [6.07, 6.45) is 4.97. The van der Waals surface area contributed by atoms with Gasteiger partial charge in [-0.25, -0.2) is 0 Å². The van der Waals surface area contributed by atoms with Crippen molar-refractivity contribution in [3.63, 3.8) is 0 Å². The average molecular weight is 342 g/mol. The summed E-state index contributed by atoms with van der Waals surface area (Å²) in [6.45, 7) is 0. The number of amides is 1. The highest BCUT2D eigenvalue weighted by molar-refractivity contribution is 9.10. The van der Waals surface area contributed by atoms with Gasteiger partial charge in [0.25, 0.3) is 5.91 Å². The minimum Gasteiger partial charge on any atom is -0.311 e. The molecule has 2 aromatic heterocycles. The first-order chi connectivity index (χ1) is 10.2. The second-order valence-electron chi connectivity index (χ2n) is 4.57. The van der Waals surface area contributed by atoms with Crippen LogP contribution >= 0.6 is 15.9 Å². The maximum absolute atomic E-state index is 12.7. The summed E-state index contributed by atoms with van der Waals surface area (Å²) < 4.78 is 0.681. The van der Waals surface area contributed by atoms with Gasteiger partial charge in [0.2, 0.25) is 0 Å². The van der Waals surface area contributed by atoms with Crippen LogP contribution < -0.4 is 4.90 Å². The molecule has 0 saturated heterocycles. The van der Waals surface area contributed by atoms with E-state index in [1.54, 1.807) is 36.6 Å². The summed E-state index contributed by atoms with van der Waals surface area (Å²) in [5, 5.41) is 0.945. The Morgan fingerprint density at radius 3 is 2.81 bits per heavy atom. The predicted octanol–water partition coefficient (Wildman–Crippen LogP) is 3.67. The normalized spacial score (nSPS) is 10.6. The second kappa shape index (κ2) is 5.61. The highest BCUT2D eigenvalue weighted by Gasteiger charge is 2.17. The smallest absolute Gasteiger partial charge is 0.259 e. The zero-order valence-corrected chi connectivity index (χ0v) is 12.9. The fourth-order valence-electron chi connectivity index (χ4n) is 2.22. The Labute approximate surface area is 130 Å². The molecule has 3 aromatic rings. The molecule has 0 aliphatic heterocycles. The van der Waals surface area contributed by atoms with E-state index >= 15 is 0 Å². The number of carbonyl (C=O) groups is 1.